The highest BCUT2D eigenvalue weighted by Crippen LogP contribution is 2.53. The minimum Gasteiger partial charge on any atom is -0.490 e. The zero-order chi connectivity index (χ0) is 32.7. The number of aromatic nitrogens is 1. The highest BCUT2D eigenvalue weighted by atomic mass is 35.5. The van der Waals surface area contributed by atoms with E-state index in [1.165, 1.54) is 0 Å². The maximum atomic E-state index is 12.2. The molecule has 0 aliphatic heterocycles. The number of amides is 1. The normalized spacial score (nSPS) is 18.0. The van der Waals surface area contributed by atoms with Crippen molar-refractivity contribution in [1.82, 2.24) is 10.3 Å². The monoisotopic (exact) mass is 654 g/mol. The van der Waals surface area contributed by atoms with Gasteiger partial charge in [-0.05, 0) is 79.8 Å². The summed E-state index contributed by atoms with van der Waals surface area (Å²) in [6, 6.07) is 16.0. The molecule has 10 nitrogen and oxygen atoms in total. The Labute approximate surface area is 274 Å². The summed E-state index contributed by atoms with van der Waals surface area (Å²) in [6.45, 7) is -0.710. The molecule has 1 aromatic heterocycles. The van der Waals surface area contributed by atoms with Gasteiger partial charge in [0.15, 0.2) is 0 Å². The van der Waals surface area contributed by atoms with Crippen LogP contribution in [0.15, 0.2) is 60.9 Å². The summed E-state index contributed by atoms with van der Waals surface area (Å²) in [7, 11) is 0. The van der Waals surface area contributed by atoms with E-state index in [1.54, 1.807) is 6.20 Å². The smallest absolute Gasteiger partial charge is 0.220 e. The third-order valence-electron chi connectivity index (χ3n) is 8.58. The third-order valence-corrected chi connectivity index (χ3v) is 8.95. The van der Waals surface area contributed by atoms with Crippen LogP contribution in [0, 0.1) is 0 Å². The molecule has 46 heavy (non-hydrogen) atoms. The van der Waals surface area contributed by atoms with E-state index in [0.717, 1.165) is 72.1 Å². The zero-order valence-corrected chi connectivity index (χ0v) is 26.5. The van der Waals surface area contributed by atoms with Gasteiger partial charge in [-0.2, -0.15) is 0 Å². The lowest BCUT2D eigenvalue weighted by Gasteiger charge is -2.25. The molecular formula is C35H43ClN2O8. The number of nitrogens with zero attached hydrogens (tertiary/aromatic N) is 1. The second-order valence-corrected chi connectivity index (χ2v) is 12.7. The van der Waals surface area contributed by atoms with Crippen molar-refractivity contribution in [2.45, 2.75) is 94.1 Å². The van der Waals surface area contributed by atoms with Gasteiger partial charge in [-0.3, -0.25) is 9.78 Å². The molecule has 2 aliphatic rings. The van der Waals surface area contributed by atoms with Gasteiger partial charge < -0.3 is 40.3 Å². The number of carbonyl (C=O) groups excluding carboxylic acids is 1. The highest BCUT2D eigenvalue weighted by Gasteiger charge is 2.48. The number of hydrogen-bond acceptors (Lipinski definition) is 9. The van der Waals surface area contributed by atoms with Crippen LogP contribution in [0.25, 0.3) is 11.1 Å². The van der Waals surface area contributed by atoms with Crippen molar-refractivity contribution >= 4 is 17.5 Å². The SMILES string of the molecule is O=C(CCCCc1ccc(Cl)c(COC2(c3cnccc3-c3ccccc3OC3CC3)CC2)c1)NCC(O)C(O)C(O)C(O)CO. The third kappa shape index (κ3) is 8.83. The molecule has 4 atom stereocenters. The maximum Gasteiger partial charge on any atom is 0.220 e. The fraction of sp³-hybridized carbons (Fsp3) is 0.486. The van der Waals surface area contributed by atoms with E-state index in [-0.39, 0.29) is 18.9 Å². The van der Waals surface area contributed by atoms with Crippen LogP contribution in [0.1, 0.15) is 61.6 Å². The summed E-state index contributed by atoms with van der Waals surface area (Å²) >= 11 is 6.58. The Kier molecular flexibility index (Phi) is 11.7. The van der Waals surface area contributed by atoms with Crippen molar-refractivity contribution in [2.24, 2.45) is 0 Å². The van der Waals surface area contributed by atoms with Gasteiger partial charge in [0.25, 0.3) is 0 Å². The Morgan fingerprint density at radius 1 is 1.00 bits per heavy atom. The Morgan fingerprint density at radius 3 is 2.50 bits per heavy atom. The number of ether oxygens (including phenoxy) is 2. The number of aliphatic hydroxyl groups is 5. The Morgan fingerprint density at radius 2 is 1.76 bits per heavy atom. The number of carbonyl (C=O) groups is 1. The molecule has 6 N–H and O–H groups in total. The van der Waals surface area contributed by atoms with Gasteiger partial charge in [-0.25, -0.2) is 0 Å². The lowest BCUT2D eigenvalue weighted by atomic mass is 9.96. The van der Waals surface area contributed by atoms with Crippen LogP contribution in [0.5, 0.6) is 5.75 Å². The van der Waals surface area contributed by atoms with Crippen LogP contribution in [0.2, 0.25) is 5.02 Å². The number of aliphatic hydroxyl groups excluding tert-OH is 5. The molecule has 2 aromatic carbocycles. The standard InChI is InChI=1S/C35H43ClN2O8/c36-28-12-9-22(5-1-4-8-32(42)38-19-29(40)33(43)34(44)30(41)20-39)17-23(28)21-45-35(14-15-35)27-18-37-16-13-25(27)26-6-2-3-7-31(26)46-24-10-11-24/h2-3,6-7,9,12-13,16-18,24,29-30,33-34,39-41,43-44H,1,4-5,8,10-11,14-15,19-21H2,(H,38,42). The number of unbranched alkanes of at least 4 members (excludes halogenated alkanes) is 1. The van der Waals surface area contributed by atoms with Crippen molar-refractivity contribution in [2.75, 3.05) is 13.2 Å². The molecule has 248 valence electrons. The molecule has 1 amide bonds. The minimum atomic E-state index is -1.73. The summed E-state index contributed by atoms with van der Waals surface area (Å²) in [4.78, 5) is 16.7. The molecule has 1 heterocycles. The van der Waals surface area contributed by atoms with Crippen molar-refractivity contribution in [1.29, 1.82) is 0 Å². The summed E-state index contributed by atoms with van der Waals surface area (Å²) in [5, 5.41) is 51.0. The van der Waals surface area contributed by atoms with Gasteiger partial charge in [-0.15, -0.1) is 0 Å². The zero-order valence-electron chi connectivity index (χ0n) is 25.7. The van der Waals surface area contributed by atoms with Gasteiger partial charge in [0.1, 0.15) is 24.1 Å². The summed E-state index contributed by atoms with van der Waals surface area (Å²) in [5.41, 5.74) is 4.69. The van der Waals surface area contributed by atoms with Gasteiger partial charge in [-0.1, -0.05) is 41.9 Å². The number of halogens is 1. The number of para-hydroxylation sites is 1. The van der Waals surface area contributed by atoms with Crippen LogP contribution in [-0.4, -0.2) is 80.1 Å². The quantitative estimate of drug-likeness (QED) is 0.113. The maximum absolute atomic E-state index is 12.2. The van der Waals surface area contributed by atoms with E-state index in [1.807, 2.05) is 48.7 Å². The first-order valence-electron chi connectivity index (χ1n) is 15.9. The Hall–Kier alpha value is -3.09. The number of nitrogens with one attached hydrogen (secondary N) is 1. The summed E-state index contributed by atoms with van der Waals surface area (Å²) in [6.07, 6.45) is 3.71. The van der Waals surface area contributed by atoms with Crippen molar-refractivity contribution in [3.05, 3.63) is 82.6 Å². The van der Waals surface area contributed by atoms with Gasteiger partial charge in [0.2, 0.25) is 5.91 Å². The number of benzene rings is 2. The lowest BCUT2D eigenvalue weighted by Crippen LogP contribution is -2.49. The first-order chi connectivity index (χ1) is 22.2. The van der Waals surface area contributed by atoms with Crippen LogP contribution < -0.4 is 10.1 Å². The molecule has 11 heteroatoms. The van der Waals surface area contributed by atoms with Gasteiger partial charge in [0.05, 0.1) is 31.0 Å². The molecule has 0 spiro atoms. The molecule has 5 rings (SSSR count). The number of rotatable bonds is 18. The van der Waals surface area contributed by atoms with Crippen LogP contribution in [0.3, 0.4) is 0 Å². The highest BCUT2D eigenvalue weighted by molar-refractivity contribution is 6.31. The molecule has 2 fully saturated rings. The summed E-state index contributed by atoms with van der Waals surface area (Å²) in [5.74, 6) is 0.576. The molecular weight excluding hydrogens is 612 g/mol. The molecule has 2 aliphatic carbocycles. The fourth-order valence-electron chi connectivity index (χ4n) is 5.47. The average Bonchev–Trinajstić information content (AvgIpc) is 4.02. The molecule has 2 saturated carbocycles. The molecule has 4 unspecified atom stereocenters. The number of pyridine rings is 1. The second-order valence-electron chi connectivity index (χ2n) is 12.3. The van der Waals surface area contributed by atoms with E-state index >= 15 is 0 Å². The van der Waals surface area contributed by atoms with Crippen LogP contribution in [-0.2, 0) is 28.2 Å². The Balaban J connectivity index is 1.12. The Bertz CT molecular complexity index is 1460. The first-order valence-corrected chi connectivity index (χ1v) is 16.3. The van der Waals surface area contributed by atoms with Crippen LogP contribution >= 0.6 is 11.6 Å². The van der Waals surface area contributed by atoms with Crippen LogP contribution in [0.4, 0.5) is 0 Å². The predicted molar refractivity (Wildman–Crippen MR) is 172 cm³/mol. The molecule has 3 aromatic rings. The first kappa shape index (κ1) is 34.3. The number of hydrogen-bond donors (Lipinski definition) is 6. The van der Waals surface area contributed by atoms with E-state index < -0.39 is 36.6 Å². The van der Waals surface area contributed by atoms with Gasteiger partial charge >= 0.3 is 0 Å². The molecule has 0 radical (unpaired) electrons. The summed E-state index contributed by atoms with van der Waals surface area (Å²) < 4.78 is 12.8. The predicted octanol–water partition coefficient (Wildman–Crippen LogP) is 3.41. The van der Waals surface area contributed by atoms with E-state index in [9.17, 15) is 25.2 Å². The van der Waals surface area contributed by atoms with Crippen molar-refractivity contribution in [3.63, 3.8) is 0 Å². The van der Waals surface area contributed by atoms with Crippen molar-refractivity contribution in [3.8, 4) is 16.9 Å². The topological polar surface area (TPSA) is 162 Å². The molecule has 0 saturated heterocycles. The lowest BCUT2D eigenvalue weighted by molar-refractivity contribution is -0.126. The van der Waals surface area contributed by atoms with E-state index in [0.29, 0.717) is 24.2 Å². The van der Waals surface area contributed by atoms with E-state index in [4.69, 9.17) is 26.2 Å². The van der Waals surface area contributed by atoms with E-state index in [2.05, 4.69) is 16.4 Å². The largest absolute Gasteiger partial charge is 0.490 e. The second kappa shape index (κ2) is 15.7. The fourth-order valence-corrected chi connectivity index (χ4v) is 5.64. The average molecular weight is 655 g/mol. The van der Waals surface area contributed by atoms with Gasteiger partial charge in [0, 0.05) is 41.5 Å². The number of aryl methyl sites for hydroxylation is 1. The minimum absolute atomic E-state index is 0.221. The van der Waals surface area contributed by atoms with Crippen molar-refractivity contribution < 1.29 is 39.8 Å². The molecule has 0 bridgehead atoms.